The van der Waals surface area contributed by atoms with Gasteiger partial charge in [-0.25, -0.2) is 0 Å². The third-order valence-corrected chi connectivity index (χ3v) is 3.99. The number of ketones is 3. The van der Waals surface area contributed by atoms with Crippen molar-refractivity contribution in [1.29, 1.82) is 0 Å². The van der Waals surface area contributed by atoms with Gasteiger partial charge < -0.3 is 0 Å². The van der Waals surface area contributed by atoms with Gasteiger partial charge in [0.2, 0.25) is 17.3 Å². The molecule has 3 aromatic carbocycles. The Balaban J connectivity index is 2.06. The van der Waals surface area contributed by atoms with Crippen LogP contribution in [0.2, 0.25) is 0 Å². The molecule has 3 rings (SSSR count). The van der Waals surface area contributed by atoms with Gasteiger partial charge in [-0.1, -0.05) is 66.7 Å². The zero-order chi connectivity index (χ0) is 18.5. The topological polar surface area (TPSA) is 68.3 Å². The van der Waals surface area contributed by atoms with E-state index in [1.165, 1.54) is 24.3 Å². The molecule has 0 heterocycles. The molecule has 0 amide bonds. The summed E-state index contributed by atoms with van der Waals surface area (Å²) in [4.78, 5) is 48.1. The summed E-state index contributed by atoms with van der Waals surface area (Å²) in [6, 6.07) is 21.9. The van der Waals surface area contributed by atoms with E-state index in [1.54, 1.807) is 24.3 Å². The first-order valence-corrected chi connectivity index (χ1v) is 7.95. The number of Topliss-reactive ketones (excluding diaryl/α,β-unsaturated/α-hetero) is 3. The summed E-state index contributed by atoms with van der Waals surface area (Å²) in [5.74, 6) is -2.38. The van der Waals surface area contributed by atoms with E-state index in [-0.39, 0.29) is 23.0 Å². The SMILES string of the molecule is O=CC(=O)c1cc(-c2ccccc2)ccc1C(=O)C(=O)c1ccccc1. The number of carbonyl (C=O) groups excluding carboxylic acids is 4. The quantitative estimate of drug-likeness (QED) is 0.388. The van der Waals surface area contributed by atoms with E-state index >= 15 is 0 Å². The average molecular weight is 342 g/mol. The molecule has 0 fully saturated rings. The van der Waals surface area contributed by atoms with E-state index in [1.807, 2.05) is 30.3 Å². The Morgan fingerprint density at radius 3 is 1.85 bits per heavy atom. The molecule has 26 heavy (non-hydrogen) atoms. The number of carbonyl (C=O) groups is 4. The van der Waals surface area contributed by atoms with Gasteiger partial charge in [-0.3, -0.25) is 19.2 Å². The minimum absolute atomic E-state index is 0.0735. The fourth-order valence-corrected chi connectivity index (χ4v) is 2.66. The van der Waals surface area contributed by atoms with Crippen molar-refractivity contribution in [1.82, 2.24) is 0 Å². The summed E-state index contributed by atoms with van der Waals surface area (Å²) >= 11 is 0. The predicted octanol–water partition coefficient (Wildman–Crippen LogP) is 3.80. The molecule has 4 nitrogen and oxygen atoms in total. The van der Waals surface area contributed by atoms with E-state index in [9.17, 15) is 19.2 Å². The highest BCUT2D eigenvalue weighted by Gasteiger charge is 2.24. The summed E-state index contributed by atoms with van der Waals surface area (Å²) < 4.78 is 0. The molecule has 0 aliphatic carbocycles. The monoisotopic (exact) mass is 342 g/mol. The highest BCUT2D eigenvalue weighted by atomic mass is 16.2. The molecular formula is C22H14O4. The van der Waals surface area contributed by atoms with Gasteiger partial charge in [0.15, 0.2) is 6.29 Å². The van der Waals surface area contributed by atoms with Crippen molar-refractivity contribution in [2.24, 2.45) is 0 Å². The third kappa shape index (κ3) is 3.39. The van der Waals surface area contributed by atoms with Crippen LogP contribution in [0.5, 0.6) is 0 Å². The number of hydrogen-bond acceptors (Lipinski definition) is 4. The smallest absolute Gasteiger partial charge is 0.234 e. The summed E-state index contributed by atoms with van der Waals surface area (Å²) in [7, 11) is 0. The van der Waals surface area contributed by atoms with Crippen LogP contribution in [-0.4, -0.2) is 23.6 Å². The average Bonchev–Trinajstić information content (AvgIpc) is 2.73. The van der Waals surface area contributed by atoms with Crippen molar-refractivity contribution < 1.29 is 19.2 Å². The molecule has 0 radical (unpaired) electrons. The summed E-state index contributed by atoms with van der Waals surface area (Å²) in [6.07, 6.45) is 0.147. The molecule has 0 spiro atoms. The van der Waals surface area contributed by atoms with Crippen molar-refractivity contribution in [3.05, 3.63) is 95.6 Å². The van der Waals surface area contributed by atoms with Gasteiger partial charge in [-0.15, -0.1) is 0 Å². The molecule has 0 aromatic heterocycles. The van der Waals surface area contributed by atoms with Gasteiger partial charge in [0.25, 0.3) is 0 Å². The van der Waals surface area contributed by atoms with E-state index in [2.05, 4.69) is 0 Å². The Morgan fingerprint density at radius 1 is 0.615 bits per heavy atom. The Labute approximate surface area is 150 Å². The van der Waals surface area contributed by atoms with Crippen LogP contribution in [0.25, 0.3) is 11.1 Å². The fourth-order valence-electron chi connectivity index (χ4n) is 2.66. The molecular weight excluding hydrogens is 328 g/mol. The molecule has 3 aromatic rings. The molecule has 4 heteroatoms. The maximum atomic E-state index is 12.6. The van der Waals surface area contributed by atoms with E-state index in [0.29, 0.717) is 5.56 Å². The van der Waals surface area contributed by atoms with Gasteiger partial charge in [0, 0.05) is 16.7 Å². The second kappa shape index (κ2) is 7.49. The lowest BCUT2D eigenvalue weighted by molar-refractivity contribution is -0.104. The first-order valence-electron chi connectivity index (χ1n) is 7.95. The lowest BCUT2D eigenvalue weighted by atomic mass is 9.92. The van der Waals surface area contributed by atoms with E-state index in [0.717, 1.165) is 5.56 Å². The van der Waals surface area contributed by atoms with Crippen LogP contribution < -0.4 is 0 Å². The highest BCUT2D eigenvalue weighted by molar-refractivity contribution is 6.51. The first-order chi connectivity index (χ1) is 12.6. The second-order valence-corrected chi connectivity index (χ2v) is 5.63. The van der Waals surface area contributed by atoms with Crippen LogP contribution in [0.4, 0.5) is 0 Å². The largest absolute Gasteiger partial charge is 0.294 e. The molecule has 0 saturated heterocycles. The molecule has 0 aliphatic rings. The van der Waals surface area contributed by atoms with Gasteiger partial charge in [0.05, 0.1) is 0 Å². The van der Waals surface area contributed by atoms with Gasteiger partial charge in [-0.05, 0) is 23.3 Å². The maximum Gasteiger partial charge on any atom is 0.234 e. The molecule has 0 N–H and O–H groups in total. The predicted molar refractivity (Wildman–Crippen MR) is 97.4 cm³/mol. The zero-order valence-corrected chi connectivity index (χ0v) is 13.7. The Hall–Kier alpha value is -3.66. The van der Waals surface area contributed by atoms with Gasteiger partial charge in [-0.2, -0.15) is 0 Å². The fraction of sp³-hybridized carbons (Fsp3) is 0. The van der Waals surface area contributed by atoms with Crippen LogP contribution in [-0.2, 0) is 4.79 Å². The molecule has 0 aliphatic heterocycles. The van der Waals surface area contributed by atoms with Crippen molar-refractivity contribution in [2.75, 3.05) is 0 Å². The van der Waals surface area contributed by atoms with Crippen LogP contribution in [0.1, 0.15) is 31.1 Å². The Morgan fingerprint density at radius 2 is 1.23 bits per heavy atom. The van der Waals surface area contributed by atoms with Gasteiger partial charge in [0.1, 0.15) is 0 Å². The van der Waals surface area contributed by atoms with Crippen LogP contribution in [0, 0.1) is 0 Å². The first kappa shape index (κ1) is 17.2. The maximum absolute atomic E-state index is 12.6. The second-order valence-electron chi connectivity index (χ2n) is 5.63. The lowest BCUT2D eigenvalue weighted by Crippen LogP contribution is -2.18. The minimum atomic E-state index is -0.841. The lowest BCUT2D eigenvalue weighted by Gasteiger charge is -2.09. The van der Waals surface area contributed by atoms with Crippen LogP contribution in [0.3, 0.4) is 0 Å². The standard InChI is InChI=1S/C22H14O4/c23-14-20(24)19-13-17(15-7-3-1-4-8-15)11-12-18(19)22(26)21(25)16-9-5-2-6-10-16/h1-14H. The third-order valence-electron chi connectivity index (χ3n) is 3.99. The number of aldehydes is 1. The molecule has 0 atom stereocenters. The normalized spacial score (nSPS) is 10.2. The highest BCUT2D eigenvalue weighted by Crippen LogP contribution is 2.24. The molecule has 0 saturated carbocycles. The van der Waals surface area contributed by atoms with Crippen molar-refractivity contribution in [3.8, 4) is 11.1 Å². The van der Waals surface area contributed by atoms with Crippen LogP contribution >= 0.6 is 0 Å². The van der Waals surface area contributed by atoms with Gasteiger partial charge >= 0.3 is 0 Å². The molecule has 0 bridgehead atoms. The number of benzene rings is 3. The van der Waals surface area contributed by atoms with E-state index < -0.39 is 17.3 Å². The summed E-state index contributed by atoms with van der Waals surface area (Å²) in [5, 5.41) is 0. The van der Waals surface area contributed by atoms with E-state index in [4.69, 9.17) is 0 Å². The summed E-state index contributed by atoms with van der Waals surface area (Å²) in [6.45, 7) is 0. The van der Waals surface area contributed by atoms with Crippen molar-refractivity contribution >= 4 is 23.6 Å². The van der Waals surface area contributed by atoms with Crippen molar-refractivity contribution in [3.63, 3.8) is 0 Å². The summed E-state index contributed by atoms with van der Waals surface area (Å²) in [5.41, 5.74) is 1.60. The Kier molecular flexibility index (Phi) is 4.94. The minimum Gasteiger partial charge on any atom is -0.294 e. The number of hydrogen-bond donors (Lipinski definition) is 0. The Bertz CT molecular complexity index is 989. The number of rotatable bonds is 6. The van der Waals surface area contributed by atoms with Crippen molar-refractivity contribution in [2.45, 2.75) is 0 Å². The van der Waals surface area contributed by atoms with Crippen LogP contribution in [0.15, 0.2) is 78.9 Å². The molecule has 126 valence electrons. The zero-order valence-electron chi connectivity index (χ0n) is 13.7. The molecule has 0 unspecified atom stereocenters.